The number of rotatable bonds is 32. The molecule has 0 fully saturated rings. The first-order valence-corrected chi connectivity index (χ1v) is 44.8. The number of aromatic amines is 1. The Morgan fingerprint density at radius 3 is 0.927 bits per heavy atom. The number of hydrogen-bond acceptors (Lipinski definition) is 12. The molecule has 18 rings (SSSR count). The van der Waals surface area contributed by atoms with E-state index in [9.17, 15) is 45.9 Å². The van der Waals surface area contributed by atoms with Crippen LogP contribution in [0.5, 0.6) is 57.5 Å². The SMILES string of the molecule is O=C(CF)N(CC(c1ccccc1)c1ccccc1)c1ccccc1Oc1ccccc1.O=C(CF)N(Cc1c2ccccc2cc2ccccc12)c1ccccc1Oc1ccccc1.O=C(CF)N(Cc1ccc[nH]1)c1ccccc1Oc1ccccc1.O=C(CF)N(Cc1ccco1)c1ccccc1Oc1ccccc1.O=C(CF)N(Cc1cccs1)c1ccccc1Oc1ccccc1. The van der Waals surface area contributed by atoms with Crippen LogP contribution >= 0.6 is 11.3 Å². The molecule has 17 nitrogen and oxygen atoms in total. The molecule has 0 aliphatic rings. The maximum Gasteiger partial charge on any atom is 0.258 e. The number of ether oxygens (including phenoxy) is 5. The van der Waals surface area contributed by atoms with Crippen molar-refractivity contribution in [1.82, 2.24) is 4.98 Å². The zero-order valence-electron chi connectivity index (χ0n) is 74.3. The van der Waals surface area contributed by atoms with Crippen LogP contribution in [0.4, 0.5) is 50.4 Å². The van der Waals surface area contributed by atoms with Gasteiger partial charge in [0, 0.05) is 29.2 Å². The quantitative estimate of drug-likeness (QED) is 0.0313. The van der Waals surface area contributed by atoms with E-state index >= 15 is 0 Å². The van der Waals surface area contributed by atoms with Crippen LogP contribution in [0.1, 0.15) is 38.9 Å². The van der Waals surface area contributed by atoms with Gasteiger partial charge in [0.05, 0.1) is 60.9 Å². The fourth-order valence-electron chi connectivity index (χ4n) is 15.0. The number of amides is 5. The number of H-pyrrole nitrogens is 1. The Hall–Kier alpha value is -16.9. The molecule has 0 unspecified atom stereocenters. The number of carbonyl (C=O) groups excluding carboxylic acids is 5. The molecule has 0 atom stereocenters. The first-order chi connectivity index (χ1) is 67.3. The van der Waals surface area contributed by atoms with Crippen LogP contribution < -0.4 is 48.2 Å². The van der Waals surface area contributed by atoms with Crippen LogP contribution in [0, 0.1) is 0 Å². The third-order valence-electron chi connectivity index (χ3n) is 21.5. The van der Waals surface area contributed by atoms with Crippen molar-refractivity contribution >= 4 is 90.9 Å². The predicted octanol–water partition coefficient (Wildman–Crippen LogP) is 27.8. The van der Waals surface area contributed by atoms with Crippen molar-refractivity contribution in [2.45, 2.75) is 32.1 Å². The Kier molecular flexibility index (Phi) is 35.1. The van der Waals surface area contributed by atoms with E-state index in [0.717, 1.165) is 48.8 Å². The summed E-state index contributed by atoms with van der Waals surface area (Å²) in [6, 6.07) is 131. The van der Waals surface area contributed by atoms with E-state index in [1.807, 2.05) is 315 Å². The van der Waals surface area contributed by atoms with E-state index in [1.54, 1.807) is 103 Å². The van der Waals surface area contributed by atoms with Gasteiger partial charge in [-0.2, -0.15) is 0 Å². The number of para-hydroxylation sites is 15. The van der Waals surface area contributed by atoms with Gasteiger partial charge in [-0.05, 0) is 201 Å². The number of aromatic nitrogens is 1. The van der Waals surface area contributed by atoms with Gasteiger partial charge >= 0.3 is 0 Å². The molecule has 23 heteroatoms. The topological polar surface area (TPSA) is 177 Å². The lowest BCUT2D eigenvalue weighted by molar-refractivity contribution is -0.120. The summed E-state index contributed by atoms with van der Waals surface area (Å²) in [5, 5.41) is 6.16. The lowest BCUT2D eigenvalue weighted by Crippen LogP contribution is -2.36. The van der Waals surface area contributed by atoms with Crippen molar-refractivity contribution in [2.75, 3.05) is 64.4 Å². The molecule has 137 heavy (non-hydrogen) atoms. The van der Waals surface area contributed by atoms with E-state index < -0.39 is 62.9 Å². The van der Waals surface area contributed by atoms with Gasteiger partial charge in [0.25, 0.3) is 29.5 Å². The lowest BCUT2D eigenvalue weighted by atomic mass is 9.90. The Labute approximate surface area is 794 Å². The summed E-state index contributed by atoms with van der Waals surface area (Å²) >= 11 is 1.53. The van der Waals surface area contributed by atoms with Crippen molar-refractivity contribution < 1.29 is 74.0 Å². The smallest absolute Gasteiger partial charge is 0.258 e. The van der Waals surface area contributed by atoms with Crippen molar-refractivity contribution in [3.05, 3.63) is 476 Å². The number of halogens is 5. The zero-order chi connectivity index (χ0) is 95.1. The summed E-state index contributed by atoms with van der Waals surface area (Å²) in [4.78, 5) is 73.2. The summed E-state index contributed by atoms with van der Waals surface area (Å²) in [7, 11) is 0. The Bertz CT molecular complexity index is 6390. The van der Waals surface area contributed by atoms with E-state index in [1.165, 1.54) is 42.1 Å². The molecule has 1 N–H and O–H groups in total. The molecular weight excluding hydrogens is 1760 g/mol. The number of furan rings is 1. The molecule has 0 saturated heterocycles. The molecule has 15 aromatic carbocycles. The maximum absolute atomic E-state index is 13.8. The van der Waals surface area contributed by atoms with E-state index in [0.29, 0.717) is 98.2 Å². The van der Waals surface area contributed by atoms with Gasteiger partial charge in [-0.25, -0.2) is 22.0 Å². The molecule has 0 aliphatic carbocycles. The van der Waals surface area contributed by atoms with Crippen LogP contribution in [-0.2, 0) is 50.2 Å². The average Bonchev–Trinajstić information content (AvgIpc) is 1.19. The summed E-state index contributed by atoms with van der Waals surface area (Å²) < 4.78 is 102. The van der Waals surface area contributed by atoms with Gasteiger partial charge in [-0.1, -0.05) is 267 Å². The summed E-state index contributed by atoms with van der Waals surface area (Å²) in [5.74, 6) is 3.07. The van der Waals surface area contributed by atoms with Crippen molar-refractivity contribution in [3.8, 4) is 57.5 Å². The highest BCUT2D eigenvalue weighted by atomic mass is 32.1. The largest absolute Gasteiger partial charge is 0.467 e. The van der Waals surface area contributed by atoms with E-state index in [2.05, 4.69) is 23.2 Å². The molecule has 18 aromatic rings. The van der Waals surface area contributed by atoms with Crippen molar-refractivity contribution in [1.29, 1.82) is 0 Å². The Morgan fingerprint density at radius 2 is 0.599 bits per heavy atom. The monoisotopic (exact) mass is 1850 g/mol. The first kappa shape index (κ1) is 96.1. The zero-order valence-corrected chi connectivity index (χ0v) is 75.1. The number of fused-ring (bicyclic) bond motifs is 2. The second kappa shape index (κ2) is 50.1. The average molecular weight is 1850 g/mol. The van der Waals surface area contributed by atoms with Crippen LogP contribution in [0.3, 0.4) is 0 Å². The number of thiophene rings is 1. The predicted molar refractivity (Wildman–Crippen MR) is 532 cm³/mol. The van der Waals surface area contributed by atoms with Gasteiger partial charge in [-0.3, -0.25) is 28.9 Å². The number of nitrogens with zero attached hydrogens (tertiary/aromatic N) is 5. The Balaban J connectivity index is 0.000000138. The molecule has 0 saturated carbocycles. The fourth-order valence-corrected chi connectivity index (χ4v) is 15.7. The van der Waals surface area contributed by atoms with Crippen LogP contribution in [0.15, 0.2) is 447 Å². The molecule has 688 valence electrons. The molecule has 0 bridgehead atoms. The van der Waals surface area contributed by atoms with Crippen molar-refractivity contribution in [3.63, 3.8) is 0 Å². The van der Waals surface area contributed by atoms with Gasteiger partial charge in [0.2, 0.25) is 0 Å². The number of alkyl halides is 5. The van der Waals surface area contributed by atoms with Crippen LogP contribution in [0.2, 0.25) is 0 Å². The third kappa shape index (κ3) is 26.7. The molecule has 0 aliphatic heterocycles. The highest BCUT2D eigenvalue weighted by Crippen LogP contribution is 2.42. The second-order valence-electron chi connectivity index (χ2n) is 30.5. The standard InChI is InChI=1S/C29H22FNO2.C28H24FNO2.C19H17FN2O2.C19H16FNO3.C19H16FNO2S/c30-19-29(32)31(27-16-8-9-17-28(27)33-23-12-2-1-3-13-23)20-26-24-14-6-4-10-21(24)18-22-11-5-7-15-25(22)26;29-20-28(31)30(26-18-10-11-19-27(26)32-24-16-8-3-9-17-24)21-25(22-12-4-1-5-13-22)23-14-6-2-7-15-23;20-13-19(23)22(14-15-7-6-12-21-15)17-10-4-5-11-18(17)24-16-8-2-1-3-9-16;20-13-19(22)21(14-16-9-6-12-23-16)17-10-4-5-11-18(17)24-15-7-2-1-3-8-15;20-13-19(22)21(14-16-9-6-12-24-16)17-10-4-5-11-18(17)23-15-7-2-1-3-8-15/h1-18H,19-20H2;1-19,25H,20-21H2;1-12,21H,13-14H2;2*1-12H,13-14H2. The number of nitrogens with one attached hydrogen (secondary N) is 1. The van der Waals surface area contributed by atoms with Crippen LogP contribution in [0.25, 0.3) is 21.5 Å². The van der Waals surface area contributed by atoms with Crippen molar-refractivity contribution in [2.24, 2.45) is 0 Å². The number of anilines is 5. The van der Waals surface area contributed by atoms with Gasteiger partial charge in [0.1, 0.15) is 34.5 Å². The molecule has 3 heterocycles. The number of carbonyl (C=O) groups is 5. The fraction of sp³-hybridized carbons (Fsp3) is 0.0965. The number of hydrogen-bond donors (Lipinski definition) is 1. The molecule has 0 spiro atoms. The Morgan fingerprint density at radius 1 is 0.292 bits per heavy atom. The molecular formula is C114H95F5N6O11S. The van der Waals surface area contributed by atoms with Gasteiger partial charge < -0.3 is 52.7 Å². The first-order valence-electron chi connectivity index (χ1n) is 43.9. The minimum Gasteiger partial charge on any atom is -0.467 e. The summed E-state index contributed by atoms with van der Waals surface area (Å²) in [6.07, 6.45) is 3.28. The summed E-state index contributed by atoms with van der Waals surface area (Å²) in [5.41, 5.74) is 6.52. The minimum absolute atomic E-state index is 0.127. The minimum atomic E-state index is -1.10. The van der Waals surface area contributed by atoms with Gasteiger partial charge in [-0.15, -0.1) is 11.3 Å². The molecule has 3 aromatic heterocycles. The normalized spacial score (nSPS) is 10.6. The summed E-state index contributed by atoms with van der Waals surface area (Å²) in [6.45, 7) is -4.21. The maximum atomic E-state index is 13.8. The highest BCUT2D eigenvalue weighted by molar-refractivity contribution is 7.09. The van der Waals surface area contributed by atoms with Gasteiger partial charge in [0.15, 0.2) is 62.1 Å². The lowest BCUT2D eigenvalue weighted by Gasteiger charge is -2.29. The van der Waals surface area contributed by atoms with E-state index in [4.69, 9.17) is 28.1 Å². The third-order valence-corrected chi connectivity index (χ3v) is 22.3. The molecule has 5 amide bonds. The van der Waals surface area contributed by atoms with E-state index in [-0.39, 0.29) is 32.1 Å². The highest BCUT2D eigenvalue weighted by Gasteiger charge is 2.29. The van der Waals surface area contributed by atoms with Crippen LogP contribution in [-0.4, -0.2) is 74.4 Å². The molecule has 0 radical (unpaired) electrons. The second-order valence-corrected chi connectivity index (χ2v) is 31.6. The number of benzene rings is 15.